The molecule has 3 heterocycles. The Morgan fingerprint density at radius 1 is 1.05 bits per heavy atom. The lowest BCUT2D eigenvalue weighted by Gasteiger charge is -2.26. The van der Waals surface area contributed by atoms with Gasteiger partial charge in [0.1, 0.15) is 5.39 Å². The number of hydrogen-bond acceptors (Lipinski definition) is 5. The number of aryl methyl sites for hydroxylation is 1. The lowest BCUT2D eigenvalue weighted by atomic mass is 10.1. The van der Waals surface area contributed by atoms with E-state index in [2.05, 4.69) is 14.9 Å². The van der Waals surface area contributed by atoms with Gasteiger partial charge in [0.15, 0.2) is 5.65 Å². The van der Waals surface area contributed by atoms with Crippen molar-refractivity contribution in [2.75, 3.05) is 18.0 Å². The molecule has 0 N–H and O–H groups in total. The van der Waals surface area contributed by atoms with Crippen LogP contribution >= 0.6 is 0 Å². The van der Waals surface area contributed by atoms with Crippen molar-refractivity contribution in [1.82, 2.24) is 19.1 Å². The molecule has 0 amide bonds. The maximum absolute atomic E-state index is 12.0. The summed E-state index contributed by atoms with van der Waals surface area (Å²) in [5.41, 5.74) is -0.326. The Morgan fingerprint density at radius 2 is 1.75 bits per heavy atom. The molecule has 106 valence electrons. The molecule has 1 aliphatic rings. The predicted molar refractivity (Wildman–Crippen MR) is 76.1 cm³/mol. The van der Waals surface area contributed by atoms with Crippen LogP contribution in [0.2, 0.25) is 0 Å². The first-order valence-corrected chi connectivity index (χ1v) is 6.77. The standard InChI is InChI=1S/C13H17N5O2/c1-16-10-9(11(19)17(2)13(16)20)8-14-12(15-10)18-6-4-3-5-7-18/h8H,3-7H2,1-2H3. The zero-order valence-electron chi connectivity index (χ0n) is 11.7. The highest BCUT2D eigenvalue weighted by molar-refractivity contribution is 5.74. The van der Waals surface area contributed by atoms with Crippen molar-refractivity contribution in [3.05, 3.63) is 27.0 Å². The molecule has 0 radical (unpaired) electrons. The van der Waals surface area contributed by atoms with E-state index >= 15 is 0 Å². The van der Waals surface area contributed by atoms with Crippen LogP contribution in [0.25, 0.3) is 11.0 Å². The van der Waals surface area contributed by atoms with Gasteiger partial charge in [0.2, 0.25) is 5.95 Å². The van der Waals surface area contributed by atoms with E-state index in [-0.39, 0.29) is 11.2 Å². The summed E-state index contributed by atoms with van der Waals surface area (Å²) in [7, 11) is 3.08. The maximum atomic E-state index is 12.0. The molecule has 1 saturated heterocycles. The van der Waals surface area contributed by atoms with Gasteiger partial charge in [-0.25, -0.2) is 9.78 Å². The quantitative estimate of drug-likeness (QED) is 0.733. The third kappa shape index (κ3) is 1.90. The minimum absolute atomic E-state index is 0.353. The second-order valence-electron chi connectivity index (χ2n) is 5.16. The van der Waals surface area contributed by atoms with Gasteiger partial charge in [-0.2, -0.15) is 4.98 Å². The van der Waals surface area contributed by atoms with E-state index in [4.69, 9.17) is 0 Å². The first-order chi connectivity index (χ1) is 9.59. The Morgan fingerprint density at radius 3 is 2.45 bits per heavy atom. The third-order valence-corrected chi connectivity index (χ3v) is 3.82. The van der Waals surface area contributed by atoms with E-state index in [1.807, 2.05) is 0 Å². The van der Waals surface area contributed by atoms with Crippen LogP contribution in [0, 0.1) is 0 Å². The van der Waals surface area contributed by atoms with E-state index in [0.29, 0.717) is 17.0 Å². The van der Waals surface area contributed by atoms with Crippen LogP contribution < -0.4 is 16.1 Å². The molecule has 1 aliphatic heterocycles. The van der Waals surface area contributed by atoms with Crippen LogP contribution in [0.5, 0.6) is 0 Å². The van der Waals surface area contributed by atoms with Crippen molar-refractivity contribution < 1.29 is 0 Å². The van der Waals surface area contributed by atoms with Gasteiger partial charge in [0, 0.05) is 33.4 Å². The van der Waals surface area contributed by atoms with Gasteiger partial charge in [-0.3, -0.25) is 13.9 Å². The van der Waals surface area contributed by atoms with Gasteiger partial charge in [-0.1, -0.05) is 0 Å². The van der Waals surface area contributed by atoms with Crippen LogP contribution in [0.1, 0.15) is 19.3 Å². The van der Waals surface area contributed by atoms with Crippen LogP contribution in [-0.4, -0.2) is 32.2 Å². The van der Waals surface area contributed by atoms with Gasteiger partial charge in [0.05, 0.1) is 0 Å². The molecule has 0 aromatic carbocycles. The Labute approximate surface area is 115 Å². The number of fused-ring (bicyclic) bond motifs is 1. The second kappa shape index (κ2) is 4.73. The number of nitrogens with zero attached hydrogens (tertiary/aromatic N) is 5. The van der Waals surface area contributed by atoms with E-state index in [1.54, 1.807) is 7.05 Å². The summed E-state index contributed by atoms with van der Waals surface area (Å²) in [4.78, 5) is 34.8. The molecule has 0 unspecified atom stereocenters. The minimum Gasteiger partial charge on any atom is -0.341 e. The zero-order valence-corrected chi connectivity index (χ0v) is 11.7. The topological polar surface area (TPSA) is 73.0 Å². The summed E-state index contributed by atoms with van der Waals surface area (Å²) in [5.74, 6) is 0.598. The lowest BCUT2D eigenvalue weighted by Crippen LogP contribution is -2.38. The fourth-order valence-electron chi connectivity index (χ4n) is 2.60. The van der Waals surface area contributed by atoms with E-state index in [9.17, 15) is 9.59 Å². The monoisotopic (exact) mass is 275 g/mol. The molecule has 2 aromatic rings. The van der Waals surface area contributed by atoms with Crippen molar-refractivity contribution in [2.45, 2.75) is 19.3 Å². The molecule has 7 nitrogen and oxygen atoms in total. The maximum Gasteiger partial charge on any atom is 0.332 e. The lowest BCUT2D eigenvalue weighted by molar-refractivity contribution is 0.568. The number of hydrogen-bond donors (Lipinski definition) is 0. The van der Waals surface area contributed by atoms with Crippen LogP contribution in [0.4, 0.5) is 5.95 Å². The molecule has 0 atom stereocenters. The van der Waals surface area contributed by atoms with Gasteiger partial charge in [-0.15, -0.1) is 0 Å². The Bertz CT molecular complexity index is 771. The Balaban J connectivity index is 2.20. The number of anilines is 1. The highest BCUT2D eigenvalue weighted by Crippen LogP contribution is 2.16. The van der Waals surface area contributed by atoms with Gasteiger partial charge < -0.3 is 4.90 Å². The zero-order chi connectivity index (χ0) is 14.3. The van der Waals surface area contributed by atoms with Crippen molar-refractivity contribution in [3.63, 3.8) is 0 Å². The van der Waals surface area contributed by atoms with E-state index in [1.165, 1.54) is 24.2 Å². The normalized spacial score (nSPS) is 15.8. The van der Waals surface area contributed by atoms with Crippen molar-refractivity contribution in [2.24, 2.45) is 14.1 Å². The fraction of sp³-hybridized carbons (Fsp3) is 0.538. The number of piperidine rings is 1. The highest BCUT2D eigenvalue weighted by Gasteiger charge is 2.16. The first-order valence-electron chi connectivity index (χ1n) is 6.77. The predicted octanol–water partition coefficient (Wildman–Crippen LogP) is 0.0175. The molecular formula is C13H17N5O2. The minimum atomic E-state index is -0.370. The molecule has 1 fully saturated rings. The number of aromatic nitrogens is 4. The average Bonchev–Trinajstić information content (AvgIpc) is 2.51. The molecule has 0 bridgehead atoms. The fourth-order valence-corrected chi connectivity index (χ4v) is 2.60. The van der Waals surface area contributed by atoms with Crippen molar-refractivity contribution in [3.8, 4) is 0 Å². The Hall–Kier alpha value is -2.18. The van der Waals surface area contributed by atoms with E-state index < -0.39 is 0 Å². The molecule has 3 rings (SSSR count). The summed E-state index contributed by atoms with van der Waals surface area (Å²) >= 11 is 0. The molecular weight excluding hydrogens is 258 g/mol. The van der Waals surface area contributed by atoms with Crippen LogP contribution in [0.3, 0.4) is 0 Å². The average molecular weight is 275 g/mol. The summed E-state index contributed by atoms with van der Waals surface area (Å²) < 4.78 is 2.47. The SMILES string of the molecule is Cn1c(=O)c2cnc(N3CCCCC3)nc2n(C)c1=O. The molecule has 20 heavy (non-hydrogen) atoms. The van der Waals surface area contributed by atoms with Gasteiger partial charge >= 0.3 is 5.69 Å². The van der Waals surface area contributed by atoms with Gasteiger partial charge in [0.25, 0.3) is 5.56 Å². The van der Waals surface area contributed by atoms with E-state index in [0.717, 1.165) is 30.5 Å². The van der Waals surface area contributed by atoms with Gasteiger partial charge in [-0.05, 0) is 19.3 Å². The third-order valence-electron chi connectivity index (χ3n) is 3.82. The Kier molecular flexibility index (Phi) is 3.04. The second-order valence-corrected chi connectivity index (χ2v) is 5.16. The molecule has 7 heteroatoms. The van der Waals surface area contributed by atoms with Crippen molar-refractivity contribution in [1.29, 1.82) is 0 Å². The van der Waals surface area contributed by atoms with Crippen molar-refractivity contribution >= 4 is 17.0 Å². The summed E-state index contributed by atoms with van der Waals surface area (Å²) in [6.07, 6.45) is 4.99. The molecule has 2 aromatic heterocycles. The van der Waals surface area contributed by atoms with Crippen LogP contribution in [0.15, 0.2) is 15.8 Å². The molecule has 0 saturated carbocycles. The molecule has 0 spiro atoms. The number of rotatable bonds is 1. The summed E-state index contributed by atoms with van der Waals surface area (Å²) in [5, 5.41) is 0.371. The smallest absolute Gasteiger partial charge is 0.332 e. The molecule has 0 aliphatic carbocycles. The summed E-state index contributed by atoms with van der Waals surface area (Å²) in [6.45, 7) is 1.84. The van der Waals surface area contributed by atoms with Crippen LogP contribution in [-0.2, 0) is 14.1 Å². The first kappa shape index (κ1) is 12.8. The highest BCUT2D eigenvalue weighted by atomic mass is 16.2. The largest absolute Gasteiger partial charge is 0.341 e. The summed E-state index contributed by atoms with van der Waals surface area (Å²) in [6, 6.07) is 0.